The second kappa shape index (κ2) is 9.86. The van der Waals surface area contributed by atoms with Crippen LogP contribution in [-0.2, 0) is 0 Å². The summed E-state index contributed by atoms with van der Waals surface area (Å²) in [7, 11) is 0. The van der Waals surface area contributed by atoms with Gasteiger partial charge in [-0.15, -0.1) is 0 Å². The zero-order valence-electron chi connectivity index (χ0n) is 12.4. The zero-order valence-corrected chi connectivity index (χ0v) is 12.4. The van der Waals surface area contributed by atoms with Crippen molar-refractivity contribution < 1.29 is 5.11 Å². The van der Waals surface area contributed by atoms with E-state index >= 15 is 0 Å². The molecule has 0 bridgehead atoms. The molecule has 17 heavy (non-hydrogen) atoms. The van der Waals surface area contributed by atoms with E-state index in [2.05, 4.69) is 44.8 Å². The van der Waals surface area contributed by atoms with Crippen molar-refractivity contribution >= 4 is 0 Å². The van der Waals surface area contributed by atoms with Gasteiger partial charge in [0.15, 0.2) is 0 Å². The number of aliphatic hydroxyl groups excluding tert-OH is 1. The Morgan fingerprint density at radius 2 is 1.82 bits per heavy atom. The first-order chi connectivity index (χ1) is 8.01. The summed E-state index contributed by atoms with van der Waals surface area (Å²) in [4.78, 5) is 2.41. The fourth-order valence-corrected chi connectivity index (χ4v) is 1.82. The molecule has 0 saturated heterocycles. The van der Waals surface area contributed by atoms with E-state index in [1.165, 1.54) is 12.8 Å². The largest absolute Gasteiger partial charge is 0.390 e. The highest BCUT2D eigenvalue weighted by Crippen LogP contribution is 2.06. The van der Waals surface area contributed by atoms with Gasteiger partial charge in [0.1, 0.15) is 0 Å². The van der Waals surface area contributed by atoms with Gasteiger partial charge in [-0.05, 0) is 26.3 Å². The molecular formula is C14H32N2O. The van der Waals surface area contributed by atoms with E-state index in [1.807, 2.05) is 0 Å². The van der Waals surface area contributed by atoms with E-state index in [4.69, 9.17) is 0 Å². The highest BCUT2D eigenvalue weighted by molar-refractivity contribution is 4.72. The monoisotopic (exact) mass is 244 g/mol. The second-order valence-corrected chi connectivity index (χ2v) is 5.32. The Morgan fingerprint density at radius 1 is 1.18 bits per heavy atom. The first-order valence-electron chi connectivity index (χ1n) is 7.16. The van der Waals surface area contributed by atoms with Crippen LogP contribution in [0.4, 0.5) is 0 Å². The lowest BCUT2D eigenvalue weighted by molar-refractivity contribution is 0.0867. The Kier molecular flexibility index (Phi) is 9.79. The molecule has 0 radical (unpaired) electrons. The second-order valence-electron chi connectivity index (χ2n) is 5.32. The summed E-state index contributed by atoms with van der Waals surface area (Å²) in [5.74, 6) is 0. The van der Waals surface area contributed by atoms with Crippen LogP contribution in [0.3, 0.4) is 0 Å². The Balaban J connectivity index is 4.03. The molecule has 0 aliphatic rings. The maximum Gasteiger partial charge on any atom is 0.0791 e. The lowest BCUT2D eigenvalue weighted by atomic mass is 10.1. The molecule has 0 aromatic rings. The molecule has 0 spiro atoms. The van der Waals surface area contributed by atoms with Gasteiger partial charge in [-0.3, -0.25) is 4.90 Å². The van der Waals surface area contributed by atoms with E-state index in [9.17, 15) is 5.11 Å². The van der Waals surface area contributed by atoms with Crippen molar-refractivity contribution in [3.63, 3.8) is 0 Å². The minimum atomic E-state index is -0.261. The van der Waals surface area contributed by atoms with Crippen LogP contribution in [0.5, 0.6) is 0 Å². The Morgan fingerprint density at radius 3 is 2.29 bits per heavy atom. The number of hydrogen-bond acceptors (Lipinski definition) is 3. The van der Waals surface area contributed by atoms with E-state index < -0.39 is 0 Å². The molecule has 2 N–H and O–H groups in total. The Labute approximate surface area is 108 Å². The molecule has 0 aromatic heterocycles. The Hall–Kier alpha value is -0.120. The van der Waals surface area contributed by atoms with E-state index in [0.717, 1.165) is 19.5 Å². The summed E-state index contributed by atoms with van der Waals surface area (Å²) in [6, 6.07) is 1.01. The van der Waals surface area contributed by atoms with Crippen LogP contribution in [0.1, 0.15) is 53.9 Å². The standard InChI is InChI=1S/C14H32N2O/c1-6-8-9-16(13(5)7-2)11-14(17)10-15-12(3)4/h12-15,17H,6-11H2,1-5H3. The number of unbranched alkanes of at least 4 members (excludes halogenated alkanes) is 1. The maximum atomic E-state index is 10.0. The highest BCUT2D eigenvalue weighted by Gasteiger charge is 2.15. The van der Waals surface area contributed by atoms with Gasteiger partial charge in [0.25, 0.3) is 0 Å². The van der Waals surface area contributed by atoms with Gasteiger partial charge in [0, 0.05) is 25.2 Å². The van der Waals surface area contributed by atoms with Gasteiger partial charge in [0.2, 0.25) is 0 Å². The minimum Gasteiger partial charge on any atom is -0.390 e. The molecule has 3 nitrogen and oxygen atoms in total. The topological polar surface area (TPSA) is 35.5 Å². The van der Waals surface area contributed by atoms with Crippen molar-refractivity contribution in [2.24, 2.45) is 0 Å². The summed E-state index contributed by atoms with van der Waals surface area (Å²) in [6.07, 6.45) is 3.32. The normalized spacial score (nSPS) is 15.5. The van der Waals surface area contributed by atoms with Crippen LogP contribution < -0.4 is 5.32 Å². The molecule has 2 unspecified atom stereocenters. The Bertz CT molecular complexity index is 174. The van der Waals surface area contributed by atoms with Crippen LogP contribution >= 0.6 is 0 Å². The molecule has 0 amide bonds. The van der Waals surface area contributed by atoms with E-state index in [0.29, 0.717) is 18.6 Å². The minimum absolute atomic E-state index is 0.261. The summed E-state index contributed by atoms with van der Waals surface area (Å²) < 4.78 is 0. The van der Waals surface area contributed by atoms with Crippen molar-refractivity contribution in [1.82, 2.24) is 10.2 Å². The summed E-state index contributed by atoms with van der Waals surface area (Å²) >= 11 is 0. The molecule has 0 saturated carbocycles. The van der Waals surface area contributed by atoms with Crippen LogP contribution in [-0.4, -0.2) is 47.8 Å². The molecule has 2 atom stereocenters. The van der Waals surface area contributed by atoms with Crippen molar-refractivity contribution in [2.75, 3.05) is 19.6 Å². The molecule has 0 rings (SSSR count). The van der Waals surface area contributed by atoms with Crippen LogP contribution in [0.15, 0.2) is 0 Å². The molecule has 3 heteroatoms. The van der Waals surface area contributed by atoms with E-state index in [-0.39, 0.29) is 6.10 Å². The number of nitrogens with one attached hydrogen (secondary N) is 1. The number of nitrogens with zero attached hydrogens (tertiary/aromatic N) is 1. The predicted molar refractivity (Wildman–Crippen MR) is 75.4 cm³/mol. The molecule has 104 valence electrons. The van der Waals surface area contributed by atoms with Crippen molar-refractivity contribution in [2.45, 2.75) is 72.1 Å². The summed E-state index contributed by atoms with van der Waals surface area (Å²) in [5.41, 5.74) is 0. The van der Waals surface area contributed by atoms with Crippen molar-refractivity contribution in [1.29, 1.82) is 0 Å². The smallest absolute Gasteiger partial charge is 0.0791 e. The van der Waals surface area contributed by atoms with Gasteiger partial charge in [-0.25, -0.2) is 0 Å². The average molecular weight is 244 g/mol. The van der Waals surface area contributed by atoms with E-state index in [1.54, 1.807) is 0 Å². The molecule has 0 fully saturated rings. The fraction of sp³-hybridized carbons (Fsp3) is 1.00. The molecule has 0 aromatic carbocycles. The number of rotatable bonds is 10. The lowest BCUT2D eigenvalue weighted by Crippen LogP contribution is -2.43. The quantitative estimate of drug-likeness (QED) is 0.619. The summed E-state index contributed by atoms with van der Waals surface area (Å²) in [6.45, 7) is 13.5. The molecular weight excluding hydrogens is 212 g/mol. The van der Waals surface area contributed by atoms with Crippen molar-refractivity contribution in [3.8, 4) is 0 Å². The van der Waals surface area contributed by atoms with Crippen LogP contribution in [0.2, 0.25) is 0 Å². The zero-order chi connectivity index (χ0) is 13.3. The lowest BCUT2D eigenvalue weighted by Gasteiger charge is -2.30. The SMILES string of the molecule is CCCCN(CC(O)CNC(C)C)C(C)CC. The third-order valence-electron chi connectivity index (χ3n) is 3.22. The van der Waals surface area contributed by atoms with Gasteiger partial charge in [-0.1, -0.05) is 34.1 Å². The molecule has 0 heterocycles. The summed E-state index contributed by atoms with van der Waals surface area (Å²) in [5, 5.41) is 13.3. The predicted octanol–water partition coefficient (Wildman–Crippen LogP) is 2.25. The van der Waals surface area contributed by atoms with Gasteiger partial charge >= 0.3 is 0 Å². The van der Waals surface area contributed by atoms with Crippen molar-refractivity contribution in [3.05, 3.63) is 0 Å². The first kappa shape index (κ1) is 16.9. The molecule has 0 aliphatic heterocycles. The average Bonchev–Trinajstić information content (AvgIpc) is 2.30. The van der Waals surface area contributed by atoms with Gasteiger partial charge in [0.05, 0.1) is 6.10 Å². The van der Waals surface area contributed by atoms with Gasteiger partial charge < -0.3 is 10.4 Å². The van der Waals surface area contributed by atoms with Crippen LogP contribution in [0.25, 0.3) is 0 Å². The van der Waals surface area contributed by atoms with Gasteiger partial charge in [-0.2, -0.15) is 0 Å². The highest BCUT2D eigenvalue weighted by atomic mass is 16.3. The number of hydrogen-bond donors (Lipinski definition) is 2. The third-order valence-corrected chi connectivity index (χ3v) is 3.22. The number of aliphatic hydroxyl groups is 1. The third kappa shape index (κ3) is 8.58. The fourth-order valence-electron chi connectivity index (χ4n) is 1.82. The van der Waals surface area contributed by atoms with Crippen LogP contribution in [0, 0.1) is 0 Å². The molecule has 0 aliphatic carbocycles. The first-order valence-corrected chi connectivity index (χ1v) is 7.16. The maximum absolute atomic E-state index is 10.0.